The van der Waals surface area contributed by atoms with Gasteiger partial charge < -0.3 is 14.2 Å². The van der Waals surface area contributed by atoms with Gasteiger partial charge in [0.2, 0.25) is 5.13 Å². The molecule has 0 bridgehead atoms. The molecule has 0 spiro atoms. The van der Waals surface area contributed by atoms with Crippen molar-refractivity contribution in [1.29, 1.82) is 0 Å². The summed E-state index contributed by atoms with van der Waals surface area (Å²) in [5.41, 5.74) is 6.63. The average Bonchev–Trinajstić information content (AvgIpc) is 3.08. The van der Waals surface area contributed by atoms with Crippen LogP contribution in [0.3, 0.4) is 0 Å². The molecule has 0 aliphatic carbocycles. The van der Waals surface area contributed by atoms with Crippen LogP contribution in [0.5, 0.6) is 17.2 Å². The minimum atomic E-state index is -0.289. The molecule has 0 atom stereocenters. The summed E-state index contributed by atoms with van der Waals surface area (Å²) in [5.74, 6) is 1.62. The molecule has 1 aromatic heterocycles. The topological polar surface area (TPSA) is 81.7 Å². The Bertz CT molecular complexity index is 910. The molecule has 1 heterocycles. The molecule has 2 aromatic carbocycles. The molecule has 25 heavy (non-hydrogen) atoms. The molecule has 1 amide bonds. The predicted molar refractivity (Wildman–Crippen MR) is 96.8 cm³/mol. The summed E-state index contributed by atoms with van der Waals surface area (Å²) in [5, 5.41) is 0.540. The number of nitrogens with zero attached hydrogens (tertiary/aromatic N) is 1. The highest BCUT2D eigenvalue weighted by atomic mass is 32.1. The lowest BCUT2D eigenvalue weighted by molar-refractivity contribution is 0.0962. The van der Waals surface area contributed by atoms with Crippen LogP contribution >= 0.6 is 11.3 Å². The largest absolute Gasteiger partial charge is 0.497 e. The van der Waals surface area contributed by atoms with Crippen LogP contribution in [0.15, 0.2) is 36.4 Å². The van der Waals surface area contributed by atoms with Crippen LogP contribution < -0.4 is 25.1 Å². The first-order valence-corrected chi connectivity index (χ1v) is 8.19. The Morgan fingerprint density at radius 2 is 1.84 bits per heavy atom. The molecule has 0 unspecified atom stereocenters. The van der Waals surface area contributed by atoms with Gasteiger partial charge >= 0.3 is 0 Å². The molecule has 0 aliphatic heterocycles. The number of hydrazine groups is 1. The van der Waals surface area contributed by atoms with Crippen molar-refractivity contribution in [3.05, 3.63) is 42.0 Å². The van der Waals surface area contributed by atoms with Gasteiger partial charge in [-0.2, -0.15) is 0 Å². The summed E-state index contributed by atoms with van der Waals surface area (Å²) in [4.78, 5) is 16.7. The van der Waals surface area contributed by atoms with Crippen molar-refractivity contribution >= 4 is 32.6 Å². The third-order valence-electron chi connectivity index (χ3n) is 3.50. The highest BCUT2D eigenvalue weighted by Gasteiger charge is 2.12. The fourth-order valence-electron chi connectivity index (χ4n) is 2.25. The first-order valence-electron chi connectivity index (χ1n) is 7.37. The maximum atomic E-state index is 12.2. The fourth-order valence-corrected chi connectivity index (χ4v) is 3.11. The Balaban J connectivity index is 1.77. The number of hydrogen-bond donors (Lipinski definition) is 2. The number of nitrogens with one attached hydrogen (secondary N) is 2. The van der Waals surface area contributed by atoms with E-state index < -0.39 is 0 Å². The standard InChI is InChI=1S/C17H17N3O4S/c1-22-11-6-4-5-10(7-11)16(21)19-20-17-18-15-13(24-3)8-12(23-2)9-14(15)25-17/h4-9H,1-3H3,(H,18,20)(H,19,21). The van der Waals surface area contributed by atoms with E-state index in [0.29, 0.717) is 33.5 Å². The summed E-state index contributed by atoms with van der Waals surface area (Å²) in [6.07, 6.45) is 0. The first kappa shape index (κ1) is 16.8. The van der Waals surface area contributed by atoms with E-state index in [0.717, 1.165) is 4.70 Å². The van der Waals surface area contributed by atoms with Crippen LogP contribution in [-0.2, 0) is 0 Å². The third-order valence-corrected chi connectivity index (χ3v) is 4.42. The monoisotopic (exact) mass is 359 g/mol. The average molecular weight is 359 g/mol. The number of ether oxygens (including phenoxy) is 3. The van der Waals surface area contributed by atoms with Crippen molar-refractivity contribution in [2.45, 2.75) is 0 Å². The van der Waals surface area contributed by atoms with Gasteiger partial charge in [0, 0.05) is 11.6 Å². The number of aromatic nitrogens is 1. The van der Waals surface area contributed by atoms with E-state index in [-0.39, 0.29) is 5.91 Å². The van der Waals surface area contributed by atoms with Gasteiger partial charge in [-0.1, -0.05) is 17.4 Å². The van der Waals surface area contributed by atoms with E-state index in [2.05, 4.69) is 15.8 Å². The van der Waals surface area contributed by atoms with Gasteiger partial charge in [-0.05, 0) is 24.3 Å². The Kier molecular flexibility index (Phi) is 4.90. The summed E-state index contributed by atoms with van der Waals surface area (Å²) >= 11 is 1.38. The minimum Gasteiger partial charge on any atom is -0.497 e. The Hall–Kier alpha value is -3.00. The van der Waals surface area contributed by atoms with Gasteiger partial charge in [0.25, 0.3) is 5.91 Å². The van der Waals surface area contributed by atoms with E-state index in [1.54, 1.807) is 51.7 Å². The van der Waals surface area contributed by atoms with Crippen LogP contribution in [0, 0.1) is 0 Å². The van der Waals surface area contributed by atoms with E-state index in [1.807, 2.05) is 6.07 Å². The second-order valence-electron chi connectivity index (χ2n) is 5.01. The number of amides is 1. The molecule has 7 nitrogen and oxygen atoms in total. The number of carbonyl (C=O) groups is 1. The first-order chi connectivity index (χ1) is 12.1. The van der Waals surface area contributed by atoms with Crippen molar-refractivity contribution in [2.75, 3.05) is 26.8 Å². The molecule has 2 N–H and O–H groups in total. The van der Waals surface area contributed by atoms with E-state index in [4.69, 9.17) is 14.2 Å². The molecule has 0 fully saturated rings. The van der Waals surface area contributed by atoms with Crippen molar-refractivity contribution < 1.29 is 19.0 Å². The molecule has 130 valence electrons. The predicted octanol–water partition coefficient (Wildman–Crippen LogP) is 3.08. The second-order valence-corrected chi connectivity index (χ2v) is 6.04. The molecule has 3 rings (SSSR count). The zero-order valence-corrected chi connectivity index (χ0v) is 14.8. The number of benzene rings is 2. The van der Waals surface area contributed by atoms with Gasteiger partial charge in [0.1, 0.15) is 22.8 Å². The Morgan fingerprint density at radius 1 is 1.04 bits per heavy atom. The SMILES string of the molecule is COc1cccc(C(=O)NNc2nc3c(OC)cc(OC)cc3s2)c1. The van der Waals surface area contributed by atoms with Crippen LogP contribution in [0.25, 0.3) is 10.2 Å². The van der Waals surface area contributed by atoms with E-state index in [1.165, 1.54) is 11.3 Å². The molecular weight excluding hydrogens is 342 g/mol. The quantitative estimate of drug-likeness (QED) is 0.658. The number of hydrogen-bond acceptors (Lipinski definition) is 7. The lowest BCUT2D eigenvalue weighted by Crippen LogP contribution is -2.29. The number of fused-ring (bicyclic) bond motifs is 1. The summed E-state index contributed by atoms with van der Waals surface area (Å²) < 4.78 is 16.6. The number of carbonyl (C=O) groups excluding carboxylic acids is 1. The number of thiazole rings is 1. The summed E-state index contributed by atoms with van der Waals surface area (Å²) in [6, 6.07) is 10.5. The molecule has 8 heteroatoms. The van der Waals surface area contributed by atoms with Gasteiger partial charge in [0.15, 0.2) is 0 Å². The highest BCUT2D eigenvalue weighted by Crippen LogP contribution is 2.35. The van der Waals surface area contributed by atoms with Gasteiger partial charge in [0.05, 0.1) is 26.0 Å². The number of methoxy groups -OCH3 is 3. The fraction of sp³-hybridized carbons (Fsp3) is 0.176. The van der Waals surface area contributed by atoms with Gasteiger partial charge in [-0.3, -0.25) is 15.6 Å². The van der Waals surface area contributed by atoms with E-state index in [9.17, 15) is 4.79 Å². The normalized spacial score (nSPS) is 10.4. The molecular formula is C17H17N3O4S. The van der Waals surface area contributed by atoms with Gasteiger partial charge in [-0.15, -0.1) is 0 Å². The summed E-state index contributed by atoms with van der Waals surface area (Å²) in [7, 11) is 4.72. The second kappa shape index (κ2) is 7.27. The maximum absolute atomic E-state index is 12.2. The Morgan fingerprint density at radius 3 is 2.56 bits per heavy atom. The third kappa shape index (κ3) is 3.58. The zero-order chi connectivity index (χ0) is 17.8. The lowest BCUT2D eigenvalue weighted by Gasteiger charge is -2.06. The van der Waals surface area contributed by atoms with Crippen molar-refractivity contribution in [3.8, 4) is 17.2 Å². The lowest BCUT2D eigenvalue weighted by atomic mass is 10.2. The molecule has 0 radical (unpaired) electrons. The van der Waals surface area contributed by atoms with Crippen molar-refractivity contribution in [3.63, 3.8) is 0 Å². The highest BCUT2D eigenvalue weighted by molar-refractivity contribution is 7.22. The zero-order valence-electron chi connectivity index (χ0n) is 14.0. The molecule has 0 saturated heterocycles. The molecule has 0 saturated carbocycles. The number of anilines is 1. The van der Waals surface area contributed by atoms with Gasteiger partial charge in [-0.25, -0.2) is 4.98 Å². The smallest absolute Gasteiger partial charge is 0.269 e. The van der Waals surface area contributed by atoms with Crippen molar-refractivity contribution in [1.82, 2.24) is 10.4 Å². The maximum Gasteiger partial charge on any atom is 0.269 e. The minimum absolute atomic E-state index is 0.289. The summed E-state index contributed by atoms with van der Waals surface area (Å²) in [6.45, 7) is 0. The van der Waals surface area contributed by atoms with Crippen LogP contribution in [0.2, 0.25) is 0 Å². The van der Waals surface area contributed by atoms with Crippen LogP contribution in [0.4, 0.5) is 5.13 Å². The molecule has 0 aliphatic rings. The number of rotatable bonds is 6. The molecule has 3 aromatic rings. The van der Waals surface area contributed by atoms with Crippen LogP contribution in [0.1, 0.15) is 10.4 Å². The Labute approximate surface area is 148 Å². The van der Waals surface area contributed by atoms with Crippen LogP contribution in [-0.4, -0.2) is 32.2 Å². The van der Waals surface area contributed by atoms with E-state index >= 15 is 0 Å². The van der Waals surface area contributed by atoms with Crippen molar-refractivity contribution in [2.24, 2.45) is 0 Å².